The highest BCUT2D eigenvalue weighted by Crippen LogP contribution is 2.24. The van der Waals surface area contributed by atoms with Gasteiger partial charge >= 0.3 is 5.97 Å². The third kappa shape index (κ3) is 2.92. The molecule has 0 fully saturated rings. The van der Waals surface area contributed by atoms with E-state index in [2.05, 4.69) is 10.1 Å². The Bertz CT molecular complexity index is 655. The zero-order chi connectivity index (χ0) is 14.5. The van der Waals surface area contributed by atoms with E-state index in [1.54, 1.807) is 36.4 Å². The van der Waals surface area contributed by atoms with E-state index in [9.17, 15) is 14.9 Å². The normalized spacial score (nSPS) is 9.85. The van der Waals surface area contributed by atoms with Gasteiger partial charge in [-0.1, -0.05) is 18.2 Å². The second kappa shape index (κ2) is 5.83. The fourth-order valence-electron chi connectivity index (χ4n) is 1.73. The van der Waals surface area contributed by atoms with Crippen molar-refractivity contribution in [2.24, 2.45) is 0 Å². The molecule has 0 saturated heterocycles. The van der Waals surface area contributed by atoms with Gasteiger partial charge in [0.1, 0.15) is 0 Å². The highest BCUT2D eigenvalue weighted by atomic mass is 16.6. The molecular formula is C14H12N2O4. The molecule has 102 valence electrons. The zero-order valence-corrected chi connectivity index (χ0v) is 10.7. The number of methoxy groups -OCH3 is 1. The first-order chi connectivity index (χ1) is 9.61. The number of anilines is 2. The van der Waals surface area contributed by atoms with Gasteiger partial charge in [0, 0.05) is 17.8 Å². The summed E-state index contributed by atoms with van der Waals surface area (Å²) in [4.78, 5) is 21.9. The van der Waals surface area contributed by atoms with Gasteiger partial charge in [-0.15, -0.1) is 0 Å². The summed E-state index contributed by atoms with van der Waals surface area (Å²) in [5, 5.41) is 13.7. The van der Waals surface area contributed by atoms with Crippen molar-refractivity contribution in [3.05, 3.63) is 64.2 Å². The summed E-state index contributed by atoms with van der Waals surface area (Å²) in [7, 11) is 1.30. The van der Waals surface area contributed by atoms with Gasteiger partial charge in [0.15, 0.2) is 0 Å². The minimum absolute atomic E-state index is 0.0226. The number of nitrogens with one attached hydrogen (secondary N) is 1. The Labute approximate surface area is 115 Å². The lowest BCUT2D eigenvalue weighted by atomic mass is 10.1. The van der Waals surface area contributed by atoms with Crippen molar-refractivity contribution in [2.75, 3.05) is 12.4 Å². The summed E-state index contributed by atoms with van der Waals surface area (Å²) in [6.07, 6.45) is 0. The Morgan fingerprint density at radius 2 is 1.95 bits per heavy atom. The van der Waals surface area contributed by atoms with Gasteiger partial charge in [0.2, 0.25) is 0 Å². The number of nitro groups is 1. The van der Waals surface area contributed by atoms with Gasteiger partial charge in [0.05, 0.1) is 23.3 Å². The van der Waals surface area contributed by atoms with Crippen molar-refractivity contribution in [1.82, 2.24) is 0 Å². The maximum atomic E-state index is 11.6. The zero-order valence-electron chi connectivity index (χ0n) is 10.7. The van der Waals surface area contributed by atoms with Gasteiger partial charge in [0.25, 0.3) is 5.69 Å². The topological polar surface area (TPSA) is 81.5 Å². The number of rotatable bonds is 4. The number of benzene rings is 2. The summed E-state index contributed by atoms with van der Waals surface area (Å²) in [6, 6.07) is 12.8. The number of hydrogen-bond donors (Lipinski definition) is 1. The summed E-state index contributed by atoms with van der Waals surface area (Å²) in [5.41, 5.74) is 1.39. The van der Waals surface area contributed by atoms with E-state index in [-0.39, 0.29) is 5.69 Å². The van der Waals surface area contributed by atoms with Crippen molar-refractivity contribution < 1.29 is 14.5 Å². The van der Waals surface area contributed by atoms with Crippen LogP contribution in [0.3, 0.4) is 0 Å². The highest BCUT2D eigenvalue weighted by molar-refractivity contribution is 5.96. The monoisotopic (exact) mass is 272 g/mol. The fourth-order valence-corrected chi connectivity index (χ4v) is 1.73. The van der Waals surface area contributed by atoms with Crippen LogP contribution in [0.5, 0.6) is 0 Å². The van der Waals surface area contributed by atoms with Gasteiger partial charge in [-0.2, -0.15) is 0 Å². The van der Waals surface area contributed by atoms with Crippen LogP contribution in [0, 0.1) is 10.1 Å². The Kier molecular flexibility index (Phi) is 3.95. The molecule has 0 amide bonds. The lowest BCUT2D eigenvalue weighted by Gasteiger charge is -2.10. The molecule has 0 aromatic heterocycles. The van der Waals surface area contributed by atoms with Gasteiger partial charge in [-0.05, 0) is 18.2 Å². The van der Waals surface area contributed by atoms with Crippen LogP contribution < -0.4 is 5.32 Å². The number of nitro benzene ring substituents is 1. The lowest BCUT2D eigenvalue weighted by Crippen LogP contribution is -2.05. The molecule has 1 N–H and O–H groups in total. The summed E-state index contributed by atoms with van der Waals surface area (Å²) in [6.45, 7) is 0. The maximum Gasteiger partial charge on any atom is 0.339 e. The van der Waals surface area contributed by atoms with Crippen LogP contribution >= 0.6 is 0 Å². The molecule has 0 heterocycles. The molecule has 0 radical (unpaired) electrons. The molecule has 2 aromatic carbocycles. The Morgan fingerprint density at radius 1 is 1.20 bits per heavy atom. The quantitative estimate of drug-likeness (QED) is 0.525. The number of carbonyl (C=O) groups excluding carboxylic acids is 1. The molecular weight excluding hydrogens is 260 g/mol. The third-order valence-electron chi connectivity index (χ3n) is 2.67. The molecule has 20 heavy (non-hydrogen) atoms. The molecule has 0 spiro atoms. The van der Waals surface area contributed by atoms with E-state index in [1.165, 1.54) is 19.2 Å². The van der Waals surface area contributed by atoms with Crippen molar-refractivity contribution in [2.45, 2.75) is 0 Å². The second-order valence-corrected chi connectivity index (χ2v) is 3.97. The van der Waals surface area contributed by atoms with Crippen LogP contribution in [0.15, 0.2) is 48.5 Å². The molecule has 0 unspecified atom stereocenters. The van der Waals surface area contributed by atoms with Crippen LogP contribution in [0.25, 0.3) is 0 Å². The van der Waals surface area contributed by atoms with Gasteiger partial charge in [-0.3, -0.25) is 10.1 Å². The third-order valence-corrected chi connectivity index (χ3v) is 2.67. The summed E-state index contributed by atoms with van der Waals surface area (Å²) < 4.78 is 4.69. The second-order valence-electron chi connectivity index (χ2n) is 3.97. The first kappa shape index (κ1) is 13.5. The molecule has 0 aliphatic carbocycles. The molecule has 0 atom stereocenters. The largest absolute Gasteiger partial charge is 0.465 e. The molecule has 6 heteroatoms. The molecule has 6 nitrogen and oxygen atoms in total. The summed E-state index contributed by atoms with van der Waals surface area (Å²) >= 11 is 0. The van der Waals surface area contributed by atoms with E-state index in [4.69, 9.17) is 0 Å². The number of hydrogen-bond acceptors (Lipinski definition) is 5. The van der Waals surface area contributed by atoms with Crippen LogP contribution in [-0.2, 0) is 4.74 Å². The molecule has 0 bridgehead atoms. The molecule has 2 rings (SSSR count). The van der Waals surface area contributed by atoms with E-state index < -0.39 is 10.9 Å². The average Bonchev–Trinajstić information content (AvgIpc) is 2.47. The number of non-ortho nitro benzene ring substituents is 1. The number of para-hydroxylation sites is 1. The predicted molar refractivity (Wildman–Crippen MR) is 74.2 cm³/mol. The van der Waals surface area contributed by atoms with Crippen LogP contribution in [0.1, 0.15) is 10.4 Å². The Morgan fingerprint density at radius 3 is 2.65 bits per heavy atom. The molecule has 0 saturated carbocycles. The van der Waals surface area contributed by atoms with Gasteiger partial charge < -0.3 is 10.1 Å². The van der Waals surface area contributed by atoms with E-state index in [0.29, 0.717) is 16.9 Å². The standard InChI is InChI=1S/C14H12N2O4/c1-20-14(17)12-7-2-3-8-13(12)15-10-5-4-6-11(9-10)16(18)19/h2-9,15H,1H3. The Hall–Kier alpha value is -2.89. The number of ether oxygens (including phenoxy) is 1. The highest BCUT2D eigenvalue weighted by Gasteiger charge is 2.12. The first-order valence-electron chi connectivity index (χ1n) is 5.80. The molecule has 0 aliphatic rings. The van der Waals surface area contributed by atoms with Crippen LogP contribution in [0.2, 0.25) is 0 Å². The SMILES string of the molecule is COC(=O)c1ccccc1Nc1cccc([N+](=O)[O-])c1. The minimum Gasteiger partial charge on any atom is -0.465 e. The smallest absolute Gasteiger partial charge is 0.339 e. The van der Waals surface area contributed by atoms with Crippen molar-refractivity contribution in [3.8, 4) is 0 Å². The minimum atomic E-state index is -0.475. The van der Waals surface area contributed by atoms with E-state index in [0.717, 1.165) is 0 Å². The number of esters is 1. The number of nitrogens with zero attached hydrogens (tertiary/aromatic N) is 1. The van der Waals surface area contributed by atoms with Crippen molar-refractivity contribution >= 4 is 23.0 Å². The predicted octanol–water partition coefficient (Wildman–Crippen LogP) is 3.13. The van der Waals surface area contributed by atoms with E-state index in [1.807, 2.05) is 0 Å². The number of carbonyl (C=O) groups is 1. The molecule has 0 aliphatic heterocycles. The molecule has 2 aromatic rings. The van der Waals surface area contributed by atoms with Gasteiger partial charge in [-0.25, -0.2) is 4.79 Å². The first-order valence-corrected chi connectivity index (χ1v) is 5.80. The van der Waals surface area contributed by atoms with Crippen molar-refractivity contribution in [3.63, 3.8) is 0 Å². The Balaban J connectivity index is 2.33. The summed E-state index contributed by atoms with van der Waals surface area (Å²) in [5.74, 6) is -0.474. The lowest BCUT2D eigenvalue weighted by molar-refractivity contribution is -0.384. The maximum absolute atomic E-state index is 11.6. The van der Waals surface area contributed by atoms with Crippen LogP contribution in [0.4, 0.5) is 17.1 Å². The average molecular weight is 272 g/mol. The van der Waals surface area contributed by atoms with Crippen LogP contribution in [-0.4, -0.2) is 18.0 Å². The van der Waals surface area contributed by atoms with Crippen molar-refractivity contribution in [1.29, 1.82) is 0 Å². The fraction of sp³-hybridized carbons (Fsp3) is 0.0714. The van der Waals surface area contributed by atoms with E-state index >= 15 is 0 Å².